The van der Waals surface area contributed by atoms with E-state index in [4.69, 9.17) is 0 Å². The Bertz CT molecular complexity index is 490. The lowest BCUT2D eigenvalue weighted by Gasteiger charge is -2.25. The van der Waals surface area contributed by atoms with Crippen molar-refractivity contribution in [1.82, 2.24) is 10.3 Å². The summed E-state index contributed by atoms with van der Waals surface area (Å²) in [5, 5.41) is 14.7. The van der Waals surface area contributed by atoms with Crippen molar-refractivity contribution in [3.05, 3.63) is 36.0 Å². The number of para-hydroxylation sites is 1. The highest BCUT2D eigenvalue weighted by atomic mass is 16.3. The summed E-state index contributed by atoms with van der Waals surface area (Å²) in [6.07, 6.45) is 1.42. The number of H-pyrrole nitrogens is 1. The third-order valence-corrected chi connectivity index (χ3v) is 3.33. The fourth-order valence-corrected chi connectivity index (χ4v) is 2.39. The molecule has 0 aliphatic heterocycles. The first-order chi connectivity index (χ1) is 8.15. The predicted octanol–water partition coefficient (Wildman–Crippen LogP) is 2.45. The molecule has 0 aliphatic carbocycles. The Morgan fingerprint density at radius 1 is 1.24 bits per heavy atom. The van der Waals surface area contributed by atoms with Gasteiger partial charge in [0.2, 0.25) is 0 Å². The number of aliphatic hydroxyl groups is 1. The maximum atomic E-state index is 10.5. The highest BCUT2D eigenvalue weighted by molar-refractivity contribution is 5.83. The Labute approximate surface area is 102 Å². The number of nitrogens with one attached hydrogen (secondary N) is 2. The van der Waals surface area contributed by atoms with E-state index in [1.807, 2.05) is 37.5 Å². The Morgan fingerprint density at radius 3 is 2.59 bits per heavy atom. The number of likely N-dealkylation sites (N-methyl/N-ethyl adjacent to an activating group) is 1. The van der Waals surface area contributed by atoms with Crippen molar-refractivity contribution in [2.45, 2.75) is 26.0 Å². The number of aliphatic hydroxyl groups excluding tert-OH is 1. The topological polar surface area (TPSA) is 48.0 Å². The van der Waals surface area contributed by atoms with Crippen molar-refractivity contribution in [2.75, 3.05) is 7.05 Å². The molecule has 3 N–H and O–H groups in total. The molecule has 2 rings (SSSR count). The van der Waals surface area contributed by atoms with Gasteiger partial charge in [0, 0.05) is 28.7 Å². The smallest absolute Gasteiger partial charge is 0.0965 e. The van der Waals surface area contributed by atoms with Crippen molar-refractivity contribution >= 4 is 10.9 Å². The molecule has 2 unspecified atom stereocenters. The van der Waals surface area contributed by atoms with Crippen LogP contribution in [-0.2, 0) is 0 Å². The van der Waals surface area contributed by atoms with E-state index in [9.17, 15) is 5.11 Å². The van der Waals surface area contributed by atoms with E-state index in [1.54, 1.807) is 0 Å². The van der Waals surface area contributed by atoms with Gasteiger partial charge in [-0.15, -0.1) is 0 Å². The minimum atomic E-state index is -0.490. The van der Waals surface area contributed by atoms with E-state index >= 15 is 0 Å². The van der Waals surface area contributed by atoms with Crippen LogP contribution in [0.25, 0.3) is 10.9 Å². The zero-order valence-electron chi connectivity index (χ0n) is 10.6. The molecule has 17 heavy (non-hydrogen) atoms. The Balaban J connectivity index is 2.39. The van der Waals surface area contributed by atoms with E-state index < -0.39 is 6.10 Å². The van der Waals surface area contributed by atoms with Crippen LogP contribution < -0.4 is 5.32 Å². The molecule has 3 nitrogen and oxygen atoms in total. The fraction of sp³-hybridized carbons (Fsp3) is 0.429. The fourth-order valence-electron chi connectivity index (χ4n) is 2.39. The van der Waals surface area contributed by atoms with Gasteiger partial charge in [0.15, 0.2) is 0 Å². The molecule has 1 aromatic carbocycles. The molecule has 0 fully saturated rings. The van der Waals surface area contributed by atoms with E-state index in [0.29, 0.717) is 5.92 Å². The molecule has 92 valence electrons. The van der Waals surface area contributed by atoms with Crippen LogP contribution >= 0.6 is 0 Å². The highest BCUT2D eigenvalue weighted by Crippen LogP contribution is 2.28. The van der Waals surface area contributed by atoms with Gasteiger partial charge >= 0.3 is 0 Å². The van der Waals surface area contributed by atoms with Crippen LogP contribution in [0.4, 0.5) is 0 Å². The lowest BCUT2D eigenvalue weighted by molar-refractivity contribution is 0.111. The molecular formula is C14H20N2O. The molecule has 1 heterocycles. The predicted molar refractivity (Wildman–Crippen MR) is 70.9 cm³/mol. The van der Waals surface area contributed by atoms with Crippen molar-refractivity contribution in [3.63, 3.8) is 0 Å². The van der Waals surface area contributed by atoms with Crippen LogP contribution in [0.3, 0.4) is 0 Å². The van der Waals surface area contributed by atoms with Gasteiger partial charge in [-0.25, -0.2) is 0 Å². The maximum Gasteiger partial charge on any atom is 0.0965 e. The SMILES string of the molecule is CNC(C(C)C)C(O)c1c[nH]c2ccccc12. The Hall–Kier alpha value is -1.32. The van der Waals surface area contributed by atoms with Gasteiger partial charge in [-0.1, -0.05) is 32.0 Å². The van der Waals surface area contributed by atoms with Gasteiger partial charge in [0.05, 0.1) is 6.10 Å². The molecule has 2 atom stereocenters. The standard InChI is InChI=1S/C14H20N2O/c1-9(2)13(15-3)14(17)11-8-16-12-7-5-4-6-10(11)12/h4-9,13-17H,1-3H3. The summed E-state index contributed by atoms with van der Waals surface area (Å²) in [6, 6.07) is 8.12. The Kier molecular flexibility index (Phi) is 3.50. The first-order valence-corrected chi connectivity index (χ1v) is 6.06. The second-order valence-electron chi connectivity index (χ2n) is 4.79. The highest BCUT2D eigenvalue weighted by Gasteiger charge is 2.24. The van der Waals surface area contributed by atoms with E-state index in [2.05, 4.69) is 24.1 Å². The normalized spacial score (nSPS) is 15.4. The first-order valence-electron chi connectivity index (χ1n) is 6.06. The van der Waals surface area contributed by atoms with E-state index in [-0.39, 0.29) is 6.04 Å². The van der Waals surface area contributed by atoms with Crippen molar-refractivity contribution in [2.24, 2.45) is 5.92 Å². The average molecular weight is 232 g/mol. The summed E-state index contributed by atoms with van der Waals surface area (Å²) in [5.74, 6) is 0.378. The number of hydrogen-bond acceptors (Lipinski definition) is 2. The molecule has 0 aliphatic rings. The molecule has 0 saturated heterocycles. The molecule has 0 radical (unpaired) electrons. The summed E-state index contributed by atoms with van der Waals surface area (Å²) in [6.45, 7) is 4.22. The van der Waals surface area contributed by atoms with Crippen molar-refractivity contribution in [3.8, 4) is 0 Å². The zero-order chi connectivity index (χ0) is 12.4. The molecule has 0 saturated carbocycles. The van der Waals surface area contributed by atoms with E-state index in [1.165, 1.54) is 0 Å². The summed E-state index contributed by atoms with van der Waals surface area (Å²) >= 11 is 0. The molecule has 2 aromatic rings. The second-order valence-corrected chi connectivity index (χ2v) is 4.79. The molecule has 0 bridgehead atoms. The lowest BCUT2D eigenvalue weighted by Crippen LogP contribution is -2.36. The molecule has 1 aromatic heterocycles. The number of aromatic amines is 1. The van der Waals surface area contributed by atoms with Crippen LogP contribution in [0.2, 0.25) is 0 Å². The van der Waals surface area contributed by atoms with Crippen molar-refractivity contribution < 1.29 is 5.11 Å². The largest absolute Gasteiger partial charge is 0.387 e. The monoisotopic (exact) mass is 232 g/mol. The Morgan fingerprint density at radius 2 is 1.94 bits per heavy atom. The molecule has 0 amide bonds. The number of aromatic nitrogens is 1. The quantitative estimate of drug-likeness (QED) is 0.758. The van der Waals surface area contributed by atoms with E-state index in [0.717, 1.165) is 16.5 Å². The van der Waals surface area contributed by atoms with Crippen molar-refractivity contribution in [1.29, 1.82) is 0 Å². The third kappa shape index (κ3) is 2.21. The zero-order valence-corrected chi connectivity index (χ0v) is 10.6. The van der Waals surface area contributed by atoms with Gasteiger partial charge in [-0.2, -0.15) is 0 Å². The maximum absolute atomic E-state index is 10.5. The summed E-state index contributed by atoms with van der Waals surface area (Å²) in [4.78, 5) is 3.20. The van der Waals surface area contributed by atoms with Crippen LogP contribution in [0.15, 0.2) is 30.5 Å². The number of hydrogen-bond donors (Lipinski definition) is 3. The lowest BCUT2D eigenvalue weighted by atomic mass is 9.93. The number of benzene rings is 1. The van der Waals surface area contributed by atoms with Gasteiger partial charge in [0.1, 0.15) is 0 Å². The molecule has 3 heteroatoms. The molecule has 0 spiro atoms. The second kappa shape index (κ2) is 4.90. The van der Waals surface area contributed by atoms with Crippen LogP contribution in [0, 0.1) is 5.92 Å². The van der Waals surface area contributed by atoms with Gasteiger partial charge < -0.3 is 15.4 Å². The van der Waals surface area contributed by atoms with Crippen LogP contribution in [0.1, 0.15) is 25.5 Å². The van der Waals surface area contributed by atoms with Gasteiger partial charge in [0.25, 0.3) is 0 Å². The van der Waals surface area contributed by atoms with Gasteiger partial charge in [-0.05, 0) is 19.0 Å². The van der Waals surface area contributed by atoms with Crippen LogP contribution in [-0.4, -0.2) is 23.2 Å². The minimum Gasteiger partial charge on any atom is -0.387 e. The number of fused-ring (bicyclic) bond motifs is 1. The average Bonchev–Trinajstić information content (AvgIpc) is 2.72. The summed E-state index contributed by atoms with van der Waals surface area (Å²) < 4.78 is 0. The first kappa shape index (κ1) is 12.1. The summed E-state index contributed by atoms with van der Waals surface area (Å²) in [5.41, 5.74) is 2.04. The summed E-state index contributed by atoms with van der Waals surface area (Å²) in [7, 11) is 1.89. The number of rotatable bonds is 4. The van der Waals surface area contributed by atoms with Gasteiger partial charge in [-0.3, -0.25) is 0 Å². The third-order valence-electron chi connectivity index (χ3n) is 3.33. The minimum absolute atomic E-state index is 0.0641. The van der Waals surface area contributed by atoms with Crippen LogP contribution in [0.5, 0.6) is 0 Å². The molecular weight excluding hydrogens is 212 g/mol.